The van der Waals surface area contributed by atoms with Crippen molar-refractivity contribution in [3.8, 4) is 5.88 Å². The molecule has 0 aliphatic heterocycles. The molecule has 0 amide bonds. The third-order valence-electron chi connectivity index (χ3n) is 7.40. The van der Waals surface area contributed by atoms with Crippen LogP contribution in [0.4, 0.5) is 11.4 Å². The van der Waals surface area contributed by atoms with E-state index in [1.54, 1.807) is 18.2 Å². The van der Waals surface area contributed by atoms with Gasteiger partial charge < -0.3 is 15.0 Å². The molecule has 0 spiro atoms. The molecule has 4 aromatic carbocycles. The number of aliphatic imine (C=N–C) groups is 1. The second kappa shape index (κ2) is 11.2. The van der Waals surface area contributed by atoms with Gasteiger partial charge in [-0.2, -0.15) is 0 Å². The summed E-state index contributed by atoms with van der Waals surface area (Å²) in [5, 5.41) is 11.7. The van der Waals surface area contributed by atoms with E-state index in [-0.39, 0.29) is 10.8 Å². The van der Waals surface area contributed by atoms with Gasteiger partial charge in [0.1, 0.15) is 0 Å². The van der Waals surface area contributed by atoms with E-state index in [0.29, 0.717) is 40.3 Å². The lowest BCUT2D eigenvalue weighted by Gasteiger charge is -2.19. The summed E-state index contributed by atoms with van der Waals surface area (Å²) >= 11 is 0. The zero-order valence-corrected chi connectivity index (χ0v) is 23.6. The number of H-pyrrole nitrogens is 1. The van der Waals surface area contributed by atoms with E-state index >= 15 is 0 Å². The lowest BCUT2D eigenvalue weighted by Crippen LogP contribution is -2.25. The minimum absolute atomic E-state index is 0.0673. The molecule has 208 valence electrons. The van der Waals surface area contributed by atoms with Crippen LogP contribution in [0.5, 0.6) is 5.88 Å². The van der Waals surface area contributed by atoms with Crippen molar-refractivity contribution in [1.29, 1.82) is 0 Å². The molecular formula is C33H32N4O3S. The molecule has 1 aliphatic carbocycles. The minimum Gasteiger partial charge on any atom is -0.494 e. The largest absolute Gasteiger partial charge is 0.494 e. The van der Waals surface area contributed by atoms with Gasteiger partial charge in [-0.25, -0.2) is 18.1 Å². The van der Waals surface area contributed by atoms with Gasteiger partial charge in [-0.1, -0.05) is 60.7 Å². The number of aromatic amines is 1. The fourth-order valence-electron chi connectivity index (χ4n) is 4.92. The maximum atomic E-state index is 13.0. The maximum absolute atomic E-state index is 13.0. The van der Waals surface area contributed by atoms with E-state index in [2.05, 4.69) is 33.8 Å². The van der Waals surface area contributed by atoms with Crippen LogP contribution in [-0.4, -0.2) is 37.8 Å². The zero-order chi connectivity index (χ0) is 28.4. The molecule has 1 saturated carbocycles. The molecule has 7 nitrogen and oxygen atoms in total. The molecule has 1 fully saturated rings. The van der Waals surface area contributed by atoms with Gasteiger partial charge in [-0.15, -0.1) is 0 Å². The standard InChI is InChI=1S/C33H32N4O3S/c1-37(22-24-8-4-2-5-9-24)27-16-14-26(15-17-27)35-32(25-10-6-3-7-11-25)31-29-20-28(18-19-30(29)36-33(31)38)41(39,40)34-21-23-12-13-23/h2-11,14-20,23,34,36,38H,12-13,21-22H2,1H3. The fraction of sp³-hybridized carbons (Fsp3) is 0.182. The first-order chi connectivity index (χ1) is 19.9. The molecule has 0 unspecified atom stereocenters. The van der Waals surface area contributed by atoms with Crippen LogP contribution in [-0.2, 0) is 16.6 Å². The molecule has 1 aromatic heterocycles. The van der Waals surface area contributed by atoms with E-state index in [0.717, 1.165) is 30.6 Å². The highest BCUT2D eigenvalue weighted by molar-refractivity contribution is 7.89. The Morgan fingerprint density at radius 1 is 0.951 bits per heavy atom. The number of rotatable bonds is 10. The average molecular weight is 565 g/mol. The first-order valence-electron chi connectivity index (χ1n) is 13.7. The van der Waals surface area contributed by atoms with Crippen LogP contribution in [0.2, 0.25) is 0 Å². The number of fused-ring (bicyclic) bond motifs is 1. The first kappa shape index (κ1) is 26.8. The third kappa shape index (κ3) is 6.04. The molecule has 0 radical (unpaired) electrons. The van der Waals surface area contributed by atoms with Gasteiger partial charge in [-0.05, 0) is 66.8 Å². The van der Waals surface area contributed by atoms with Crippen molar-refractivity contribution in [1.82, 2.24) is 9.71 Å². The highest BCUT2D eigenvalue weighted by atomic mass is 32.2. The van der Waals surface area contributed by atoms with Crippen LogP contribution < -0.4 is 9.62 Å². The Bertz CT molecular complexity index is 1790. The molecule has 41 heavy (non-hydrogen) atoms. The van der Waals surface area contributed by atoms with Crippen molar-refractivity contribution in [3.05, 3.63) is 120 Å². The van der Waals surface area contributed by atoms with Gasteiger partial charge in [0.05, 0.1) is 21.9 Å². The Balaban J connectivity index is 1.37. The summed E-state index contributed by atoms with van der Waals surface area (Å²) in [6, 6.07) is 32.7. The molecule has 8 heteroatoms. The molecule has 0 atom stereocenters. The lowest BCUT2D eigenvalue weighted by atomic mass is 10.0. The number of aromatic nitrogens is 1. The van der Waals surface area contributed by atoms with E-state index < -0.39 is 10.0 Å². The van der Waals surface area contributed by atoms with Gasteiger partial charge in [0, 0.05) is 42.3 Å². The van der Waals surface area contributed by atoms with E-state index in [4.69, 9.17) is 4.99 Å². The summed E-state index contributed by atoms with van der Waals surface area (Å²) in [4.78, 5) is 10.3. The third-order valence-corrected chi connectivity index (χ3v) is 8.82. The summed E-state index contributed by atoms with van der Waals surface area (Å²) < 4.78 is 28.8. The maximum Gasteiger partial charge on any atom is 0.240 e. The van der Waals surface area contributed by atoms with Crippen LogP contribution in [0, 0.1) is 5.92 Å². The number of nitrogens with one attached hydrogen (secondary N) is 2. The van der Waals surface area contributed by atoms with Crippen molar-refractivity contribution in [2.75, 3.05) is 18.5 Å². The Kier molecular flexibility index (Phi) is 7.34. The number of sulfonamides is 1. The SMILES string of the molecule is CN(Cc1ccccc1)c1ccc(N=C(c2ccccc2)c2c(O)[nH]c3ccc(S(=O)(=O)NCC4CC4)cc23)cc1. The van der Waals surface area contributed by atoms with Crippen LogP contribution in [0.1, 0.15) is 29.5 Å². The predicted octanol–water partition coefficient (Wildman–Crippen LogP) is 6.37. The highest BCUT2D eigenvalue weighted by Crippen LogP contribution is 2.34. The molecule has 3 N–H and O–H groups in total. The summed E-state index contributed by atoms with van der Waals surface area (Å²) in [7, 11) is -1.64. The highest BCUT2D eigenvalue weighted by Gasteiger charge is 2.26. The van der Waals surface area contributed by atoms with Crippen LogP contribution in [0.3, 0.4) is 0 Å². The minimum atomic E-state index is -3.69. The molecule has 1 aliphatic rings. The second-order valence-corrected chi connectivity index (χ2v) is 12.3. The molecule has 0 bridgehead atoms. The van der Waals surface area contributed by atoms with Crippen molar-refractivity contribution in [2.45, 2.75) is 24.3 Å². The van der Waals surface area contributed by atoms with E-state index in [1.807, 2.05) is 72.8 Å². The Morgan fingerprint density at radius 2 is 1.63 bits per heavy atom. The number of benzene rings is 4. The zero-order valence-electron chi connectivity index (χ0n) is 22.8. The number of nitrogens with zero attached hydrogens (tertiary/aromatic N) is 2. The predicted molar refractivity (Wildman–Crippen MR) is 165 cm³/mol. The topological polar surface area (TPSA) is 97.8 Å². The van der Waals surface area contributed by atoms with Crippen LogP contribution in [0.25, 0.3) is 10.9 Å². The number of anilines is 1. The molecule has 0 saturated heterocycles. The van der Waals surface area contributed by atoms with Gasteiger partial charge in [0.25, 0.3) is 0 Å². The second-order valence-electron chi connectivity index (χ2n) is 10.5. The van der Waals surface area contributed by atoms with Gasteiger partial charge in [-0.3, -0.25) is 0 Å². The summed E-state index contributed by atoms with van der Waals surface area (Å²) in [5.41, 5.74) is 5.41. The summed E-state index contributed by atoms with van der Waals surface area (Å²) in [5.74, 6) is 0.351. The monoisotopic (exact) mass is 564 g/mol. The summed E-state index contributed by atoms with van der Waals surface area (Å²) in [6.45, 7) is 1.22. The van der Waals surface area contributed by atoms with Crippen molar-refractivity contribution < 1.29 is 13.5 Å². The Labute approximate surface area is 240 Å². The fourth-order valence-corrected chi connectivity index (χ4v) is 6.06. The van der Waals surface area contributed by atoms with Gasteiger partial charge >= 0.3 is 0 Å². The number of aromatic hydroxyl groups is 1. The van der Waals surface area contributed by atoms with Crippen LogP contribution in [0.15, 0.2) is 113 Å². The van der Waals surface area contributed by atoms with Crippen molar-refractivity contribution in [2.24, 2.45) is 10.9 Å². The Morgan fingerprint density at radius 3 is 2.32 bits per heavy atom. The van der Waals surface area contributed by atoms with E-state index in [9.17, 15) is 13.5 Å². The first-order valence-corrected chi connectivity index (χ1v) is 15.2. The number of hydrogen-bond donors (Lipinski definition) is 3. The van der Waals surface area contributed by atoms with Crippen molar-refractivity contribution in [3.63, 3.8) is 0 Å². The van der Waals surface area contributed by atoms with E-state index in [1.165, 1.54) is 5.56 Å². The molecule has 6 rings (SSSR count). The van der Waals surface area contributed by atoms with Crippen molar-refractivity contribution >= 4 is 38.0 Å². The van der Waals surface area contributed by atoms with Gasteiger partial charge in [0.2, 0.25) is 10.0 Å². The smallest absolute Gasteiger partial charge is 0.240 e. The quantitative estimate of drug-likeness (QED) is 0.172. The van der Waals surface area contributed by atoms with Gasteiger partial charge in [0.15, 0.2) is 5.88 Å². The average Bonchev–Trinajstić information content (AvgIpc) is 3.77. The molecular weight excluding hydrogens is 532 g/mol. The normalized spacial score (nSPS) is 13.9. The molecule has 1 heterocycles. The molecule has 5 aromatic rings. The lowest BCUT2D eigenvalue weighted by molar-refractivity contribution is 0.457. The Hall–Kier alpha value is -4.40. The number of hydrogen-bond acceptors (Lipinski definition) is 5. The van der Waals surface area contributed by atoms with Crippen LogP contribution >= 0.6 is 0 Å². The summed E-state index contributed by atoms with van der Waals surface area (Å²) in [6.07, 6.45) is 2.11.